The van der Waals surface area contributed by atoms with E-state index in [2.05, 4.69) is 5.32 Å². The monoisotopic (exact) mass is 473 g/mol. The maximum Gasteiger partial charge on any atom is 0.407 e. The highest BCUT2D eigenvalue weighted by Crippen LogP contribution is 2.00. The Morgan fingerprint density at radius 3 is 1.61 bits per heavy atom. The van der Waals surface area contributed by atoms with Gasteiger partial charge in [-0.1, -0.05) is 30.3 Å². The Morgan fingerprint density at radius 2 is 1.12 bits per heavy atom. The topological polar surface area (TPSA) is 131 Å². The molecule has 0 aliphatic heterocycles. The fourth-order valence-electron chi connectivity index (χ4n) is 2.26. The van der Waals surface area contributed by atoms with E-state index in [0.717, 1.165) is 5.56 Å². The number of rotatable bonds is 22. The van der Waals surface area contributed by atoms with Gasteiger partial charge in [0.1, 0.15) is 13.2 Å². The average Bonchev–Trinajstić information content (AvgIpc) is 2.82. The number of carboxylic acids is 1. The molecular formula is C22H35NO10. The first-order valence-electron chi connectivity index (χ1n) is 10.8. The van der Waals surface area contributed by atoms with Gasteiger partial charge in [0.2, 0.25) is 0 Å². The lowest BCUT2D eigenvalue weighted by molar-refractivity contribution is -0.142. The van der Waals surface area contributed by atoms with E-state index >= 15 is 0 Å². The molecule has 0 atom stereocenters. The lowest BCUT2D eigenvalue weighted by atomic mass is 10.2. The molecule has 33 heavy (non-hydrogen) atoms. The van der Waals surface area contributed by atoms with Crippen LogP contribution in [0.3, 0.4) is 0 Å². The molecule has 0 saturated carbocycles. The molecule has 0 radical (unpaired) electrons. The van der Waals surface area contributed by atoms with Crippen molar-refractivity contribution in [3.63, 3.8) is 0 Å². The molecule has 1 aromatic carbocycles. The van der Waals surface area contributed by atoms with Crippen molar-refractivity contribution in [3.8, 4) is 0 Å². The summed E-state index contributed by atoms with van der Waals surface area (Å²) in [6, 6.07) is 9.46. The van der Waals surface area contributed by atoms with Gasteiger partial charge in [-0.15, -0.1) is 0 Å². The minimum atomic E-state index is -1.000. The second kappa shape index (κ2) is 21.6. The molecule has 188 valence electrons. The van der Waals surface area contributed by atoms with Crippen LogP contribution in [0.15, 0.2) is 30.3 Å². The van der Waals surface area contributed by atoms with Gasteiger partial charge in [0.15, 0.2) is 0 Å². The van der Waals surface area contributed by atoms with Crippen molar-refractivity contribution in [1.82, 2.24) is 5.32 Å². The SMILES string of the molecule is O=C(O)COCCOCCOCCOCCOCCOCCNC(=O)OCc1ccccc1. The van der Waals surface area contributed by atoms with Gasteiger partial charge >= 0.3 is 12.1 Å². The molecule has 0 aromatic heterocycles. The zero-order chi connectivity index (χ0) is 23.8. The highest BCUT2D eigenvalue weighted by Gasteiger charge is 2.01. The summed E-state index contributed by atoms with van der Waals surface area (Å²) in [5, 5.41) is 11.0. The molecule has 11 heteroatoms. The van der Waals surface area contributed by atoms with Crippen LogP contribution in [-0.2, 0) is 44.6 Å². The normalized spacial score (nSPS) is 10.8. The van der Waals surface area contributed by atoms with E-state index in [-0.39, 0.29) is 19.8 Å². The number of amides is 1. The highest BCUT2D eigenvalue weighted by molar-refractivity contribution is 5.68. The number of hydrogen-bond acceptors (Lipinski definition) is 9. The van der Waals surface area contributed by atoms with Gasteiger partial charge < -0.3 is 43.6 Å². The third kappa shape index (κ3) is 20.1. The van der Waals surface area contributed by atoms with Crippen molar-refractivity contribution >= 4 is 12.1 Å². The summed E-state index contributed by atoms with van der Waals surface area (Å²) in [7, 11) is 0. The third-order valence-electron chi connectivity index (χ3n) is 3.81. The molecule has 0 unspecified atom stereocenters. The van der Waals surface area contributed by atoms with Gasteiger partial charge in [0.25, 0.3) is 0 Å². The number of alkyl carbamates (subject to hydrolysis) is 1. The van der Waals surface area contributed by atoms with Gasteiger partial charge in [-0.25, -0.2) is 9.59 Å². The summed E-state index contributed by atoms with van der Waals surface area (Å²) < 4.78 is 36.6. The second-order valence-electron chi connectivity index (χ2n) is 6.50. The summed E-state index contributed by atoms with van der Waals surface area (Å²) in [5.41, 5.74) is 0.932. The maximum atomic E-state index is 11.6. The smallest absolute Gasteiger partial charge is 0.407 e. The molecule has 0 fully saturated rings. The molecule has 0 bridgehead atoms. The summed E-state index contributed by atoms with van der Waals surface area (Å²) in [4.78, 5) is 21.8. The minimum absolute atomic E-state index is 0.234. The first-order valence-corrected chi connectivity index (χ1v) is 10.8. The maximum absolute atomic E-state index is 11.6. The van der Waals surface area contributed by atoms with Gasteiger partial charge in [0, 0.05) is 6.54 Å². The number of nitrogens with one attached hydrogen (secondary N) is 1. The Labute approximate surface area is 194 Å². The van der Waals surface area contributed by atoms with E-state index in [4.69, 9.17) is 38.3 Å². The minimum Gasteiger partial charge on any atom is -0.480 e. The van der Waals surface area contributed by atoms with Crippen LogP contribution in [0.4, 0.5) is 4.79 Å². The van der Waals surface area contributed by atoms with E-state index in [9.17, 15) is 9.59 Å². The Balaban J connectivity index is 1.71. The molecule has 1 aromatic rings. The number of carboxylic acid groups (broad SMARTS) is 1. The summed E-state index contributed by atoms with van der Waals surface area (Å²) >= 11 is 0. The van der Waals surface area contributed by atoms with Crippen molar-refractivity contribution in [2.24, 2.45) is 0 Å². The third-order valence-corrected chi connectivity index (χ3v) is 3.81. The van der Waals surface area contributed by atoms with Crippen LogP contribution < -0.4 is 5.32 Å². The number of carbonyl (C=O) groups is 2. The van der Waals surface area contributed by atoms with Gasteiger partial charge in [-0.2, -0.15) is 0 Å². The van der Waals surface area contributed by atoms with E-state index in [0.29, 0.717) is 72.6 Å². The summed E-state index contributed by atoms with van der Waals surface area (Å²) in [5.74, 6) is -1.000. The van der Waals surface area contributed by atoms with Crippen molar-refractivity contribution in [3.05, 3.63) is 35.9 Å². The molecule has 2 N–H and O–H groups in total. The van der Waals surface area contributed by atoms with E-state index in [1.165, 1.54) is 0 Å². The van der Waals surface area contributed by atoms with Crippen LogP contribution in [0.1, 0.15) is 5.56 Å². The van der Waals surface area contributed by atoms with Crippen molar-refractivity contribution in [1.29, 1.82) is 0 Å². The van der Waals surface area contributed by atoms with Crippen LogP contribution in [0.25, 0.3) is 0 Å². The predicted octanol–water partition coefficient (Wildman–Crippen LogP) is 1.10. The second-order valence-corrected chi connectivity index (χ2v) is 6.50. The Morgan fingerprint density at radius 1 is 0.667 bits per heavy atom. The van der Waals surface area contributed by atoms with Crippen molar-refractivity contribution in [2.45, 2.75) is 6.61 Å². The van der Waals surface area contributed by atoms with Gasteiger partial charge in [0.05, 0.1) is 72.7 Å². The van der Waals surface area contributed by atoms with Gasteiger partial charge in [-0.3, -0.25) is 0 Å². The average molecular weight is 474 g/mol. The van der Waals surface area contributed by atoms with E-state index < -0.39 is 12.1 Å². The first-order chi connectivity index (χ1) is 16.2. The van der Waals surface area contributed by atoms with Gasteiger partial charge in [-0.05, 0) is 5.56 Å². The number of ether oxygens (including phenoxy) is 7. The molecule has 0 aliphatic rings. The fraction of sp³-hybridized carbons (Fsp3) is 0.636. The largest absolute Gasteiger partial charge is 0.480 e. The molecule has 1 amide bonds. The number of aliphatic carboxylic acids is 1. The van der Waals surface area contributed by atoms with Crippen LogP contribution in [0.2, 0.25) is 0 Å². The molecule has 0 heterocycles. The van der Waals surface area contributed by atoms with Crippen LogP contribution in [0.5, 0.6) is 0 Å². The zero-order valence-corrected chi connectivity index (χ0v) is 18.9. The molecule has 0 saturated heterocycles. The van der Waals surface area contributed by atoms with E-state index in [1.807, 2.05) is 30.3 Å². The Hall–Kier alpha value is -2.28. The van der Waals surface area contributed by atoms with Crippen LogP contribution in [0, 0.1) is 0 Å². The Kier molecular flexibility index (Phi) is 18.8. The number of benzene rings is 1. The predicted molar refractivity (Wildman–Crippen MR) is 117 cm³/mol. The summed E-state index contributed by atoms with van der Waals surface area (Å²) in [6.07, 6.45) is -0.477. The summed E-state index contributed by atoms with van der Waals surface area (Å²) in [6.45, 7) is 4.70. The fourth-order valence-corrected chi connectivity index (χ4v) is 2.26. The van der Waals surface area contributed by atoms with E-state index in [1.54, 1.807) is 0 Å². The molecule has 0 aliphatic carbocycles. The quantitative estimate of drug-likeness (QED) is 0.236. The molecule has 11 nitrogen and oxygen atoms in total. The van der Waals surface area contributed by atoms with Crippen molar-refractivity contribution in [2.75, 3.05) is 85.8 Å². The van der Waals surface area contributed by atoms with Crippen LogP contribution in [-0.4, -0.2) is 103 Å². The van der Waals surface area contributed by atoms with Crippen molar-refractivity contribution < 1.29 is 47.9 Å². The first kappa shape index (κ1) is 28.8. The highest BCUT2D eigenvalue weighted by atomic mass is 16.6. The zero-order valence-electron chi connectivity index (χ0n) is 18.9. The molecule has 1 rings (SSSR count). The standard InChI is InChI=1S/C22H35NO10/c24-21(25)19-32-17-16-31-15-14-30-13-12-29-11-10-28-9-8-27-7-6-23-22(26)33-18-20-4-2-1-3-5-20/h1-5H,6-19H2,(H,23,26)(H,24,25). The molecular weight excluding hydrogens is 438 g/mol. The number of hydrogen-bond donors (Lipinski definition) is 2. The lowest BCUT2D eigenvalue weighted by Crippen LogP contribution is -2.28. The number of carbonyl (C=O) groups excluding carboxylic acids is 1. The van der Waals surface area contributed by atoms with Crippen LogP contribution >= 0.6 is 0 Å². The molecule has 0 spiro atoms. The lowest BCUT2D eigenvalue weighted by Gasteiger charge is -2.09. The Bertz CT molecular complexity index is 602.